The number of hydrogen-bond acceptors (Lipinski definition) is 7. The van der Waals surface area contributed by atoms with Crippen LogP contribution in [0.1, 0.15) is 58.9 Å². The summed E-state index contributed by atoms with van der Waals surface area (Å²) in [5.74, 6) is -0.671. The highest BCUT2D eigenvalue weighted by molar-refractivity contribution is 7.99. The fraction of sp³-hybridized carbons (Fsp3) is 0.412. The van der Waals surface area contributed by atoms with Gasteiger partial charge in [0, 0.05) is 10.5 Å². The number of carbonyl (C=O) groups is 2. The first-order chi connectivity index (χ1) is 20.4. The van der Waals surface area contributed by atoms with Gasteiger partial charge in [-0.05, 0) is 49.3 Å². The van der Waals surface area contributed by atoms with Crippen molar-refractivity contribution in [3.05, 3.63) is 101 Å². The minimum atomic E-state index is -2.45. The Morgan fingerprint density at radius 2 is 1.47 bits per heavy atom. The van der Waals surface area contributed by atoms with E-state index < -0.39 is 44.4 Å². The van der Waals surface area contributed by atoms with Crippen LogP contribution in [0.3, 0.4) is 0 Å². The lowest BCUT2D eigenvalue weighted by Crippen LogP contribution is -2.69. The summed E-state index contributed by atoms with van der Waals surface area (Å²) in [6.45, 7) is 13.3. The van der Waals surface area contributed by atoms with Crippen LogP contribution in [-0.2, 0) is 18.6 Å². The fourth-order valence-corrected chi connectivity index (χ4v) is 8.07. The summed E-state index contributed by atoms with van der Waals surface area (Å²) in [5, 5.41) is -0.128. The number of aryl methyl sites for hydroxylation is 1. The van der Waals surface area contributed by atoms with Gasteiger partial charge in [0.15, 0.2) is 14.6 Å². The Hall–Kier alpha value is -2.79. The zero-order chi connectivity index (χ0) is 30.5. The molecule has 3 aliphatic rings. The maximum absolute atomic E-state index is 14.0. The maximum atomic E-state index is 14.0. The quantitative estimate of drug-likeness (QED) is 0.218. The van der Waals surface area contributed by atoms with E-state index in [1.54, 1.807) is 24.3 Å². The maximum Gasteiger partial charge on any atom is 0.262 e. The minimum Gasteiger partial charge on any atom is -0.409 e. The van der Waals surface area contributed by atoms with Crippen molar-refractivity contribution in [2.75, 3.05) is 6.61 Å². The highest BCUT2D eigenvalue weighted by Gasteiger charge is 2.58. The monoisotopic (exact) mass is 617 g/mol. The van der Waals surface area contributed by atoms with Crippen LogP contribution < -0.4 is 0 Å². The van der Waals surface area contributed by atoms with Crippen molar-refractivity contribution in [1.82, 2.24) is 4.90 Å². The number of hydrogen-bond donors (Lipinski definition) is 0. The smallest absolute Gasteiger partial charge is 0.262 e. The van der Waals surface area contributed by atoms with Gasteiger partial charge in [-0.1, -0.05) is 92.7 Å². The van der Waals surface area contributed by atoms with E-state index >= 15 is 0 Å². The molecule has 0 spiro atoms. The zero-order valence-corrected chi connectivity index (χ0v) is 27.3. The molecule has 6 atom stereocenters. The molecule has 43 heavy (non-hydrogen) atoms. The first-order valence-corrected chi connectivity index (χ1v) is 18.6. The van der Waals surface area contributed by atoms with Crippen molar-refractivity contribution < 1.29 is 28.2 Å². The van der Waals surface area contributed by atoms with Gasteiger partial charge in [0.05, 0.1) is 23.8 Å². The molecule has 0 N–H and O–H groups in total. The number of imide groups is 1. The van der Waals surface area contributed by atoms with Gasteiger partial charge in [-0.2, -0.15) is 0 Å². The predicted octanol–water partition coefficient (Wildman–Crippen LogP) is 6.98. The van der Waals surface area contributed by atoms with Gasteiger partial charge in [-0.25, -0.2) is 0 Å². The van der Waals surface area contributed by atoms with Crippen molar-refractivity contribution in [1.29, 1.82) is 0 Å². The number of nitrogens with zero attached hydrogens (tertiary/aromatic N) is 1. The van der Waals surface area contributed by atoms with Gasteiger partial charge in [0.1, 0.15) is 23.7 Å². The summed E-state index contributed by atoms with van der Waals surface area (Å²) in [6.07, 6.45) is -2.29. The van der Waals surface area contributed by atoms with E-state index in [9.17, 15) is 9.59 Å². The first-order valence-electron chi connectivity index (χ1n) is 14.8. The van der Waals surface area contributed by atoms with E-state index in [0.29, 0.717) is 17.7 Å². The van der Waals surface area contributed by atoms with Crippen molar-refractivity contribution in [2.45, 2.75) is 86.8 Å². The Labute approximate surface area is 259 Å². The van der Waals surface area contributed by atoms with E-state index in [1.807, 2.05) is 61.5 Å². The molecule has 0 aliphatic carbocycles. The molecule has 0 aromatic heterocycles. The van der Waals surface area contributed by atoms with Gasteiger partial charge in [0.2, 0.25) is 0 Å². The number of fused-ring (bicyclic) bond motifs is 2. The minimum absolute atomic E-state index is 0.128. The Kier molecular flexibility index (Phi) is 8.17. The average Bonchev–Trinajstić information content (AvgIpc) is 3.23. The molecule has 3 heterocycles. The normalized spacial score (nSPS) is 27.6. The Balaban J connectivity index is 1.45. The molecule has 2 amide bonds. The van der Waals surface area contributed by atoms with Crippen LogP contribution in [-0.4, -0.2) is 61.4 Å². The van der Waals surface area contributed by atoms with Gasteiger partial charge < -0.3 is 18.6 Å². The first kappa shape index (κ1) is 30.2. The Morgan fingerprint density at radius 3 is 2.07 bits per heavy atom. The largest absolute Gasteiger partial charge is 0.409 e. The van der Waals surface area contributed by atoms with Gasteiger partial charge in [-0.15, -0.1) is 0 Å². The summed E-state index contributed by atoms with van der Waals surface area (Å²) in [4.78, 5) is 30.4. The second kappa shape index (κ2) is 11.6. The van der Waals surface area contributed by atoms with E-state index in [4.69, 9.17) is 18.6 Å². The molecule has 2 fully saturated rings. The summed E-state index contributed by atoms with van der Waals surface area (Å²) in [5.41, 5.74) is 2.22. The van der Waals surface area contributed by atoms with Gasteiger partial charge >= 0.3 is 0 Å². The number of amides is 2. The third kappa shape index (κ3) is 5.74. The van der Waals surface area contributed by atoms with Crippen LogP contribution in [0, 0.1) is 6.92 Å². The third-order valence-corrected chi connectivity index (χ3v) is 14.7. The molecule has 0 saturated carbocycles. The van der Waals surface area contributed by atoms with Gasteiger partial charge in [-0.3, -0.25) is 14.5 Å². The van der Waals surface area contributed by atoms with Crippen LogP contribution in [0.15, 0.2) is 83.8 Å². The number of carbonyl (C=O) groups excluding carboxylic acids is 2. The van der Waals surface area contributed by atoms with Crippen LogP contribution in [0.25, 0.3) is 0 Å². The standard InChI is InChI=1S/C34H39NO6SSi/c1-21-16-18-23(19-17-21)42-33-27(35-30(36)24-14-10-11-15-25(24)31(35)37)29(41-43(5,6)34(2,3)4)28-26(39-33)20-38-32(40-28)22-12-8-7-9-13-22/h7-19,26-29,32-33H,20H2,1-6H3/t26-,27-,28-,29-,32-,33+/m1/s1. The van der Waals surface area contributed by atoms with Crippen molar-refractivity contribution in [2.24, 2.45) is 0 Å². The second-order valence-electron chi connectivity index (χ2n) is 13.0. The average molecular weight is 618 g/mol. The lowest BCUT2D eigenvalue weighted by Gasteiger charge is -2.53. The molecule has 6 rings (SSSR count). The highest BCUT2D eigenvalue weighted by atomic mass is 32.2. The number of benzene rings is 3. The lowest BCUT2D eigenvalue weighted by molar-refractivity contribution is -0.307. The van der Waals surface area contributed by atoms with E-state index in [0.717, 1.165) is 16.0 Å². The van der Waals surface area contributed by atoms with Crippen LogP contribution in [0.2, 0.25) is 18.1 Å². The molecule has 3 aliphatic heterocycles. The summed E-state index contributed by atoms with van der Waals surface area (Å²) < 4.78 is 26.9. The molecule has 0 unspecified atom stereocenters. The Bertz CT molecular complexity index is 1460. The SMILES string of the molecule is Cc1ccc(S[C@@H]2O[C@@H]3CO[C@@H](c4ccccc4)O[C@H]3[C@H](O[Si](C)(C)C(C)(C)C)[C@H]2N2C(=O)c3ccccc3C2=O)cc1. The molecule has 2 saturated heterocycles. The summed E-state index contributed by atoms with van der Waals surface area (Å²) >= 11 is 1.50. The summed E-state index contributed by atoms with van der Waals surface area (Å²) in [7, 11) is -2.45. The van der Waals surface area contributed by atoms with Gasteiger partial charge in [0.25, 0.3) is 11.8 Å². The number of ether oxygens (including phenoxy) is 3. The predicted molar refractivity (Wildman–Crippen MR) is 169 cm³/mol. The van der Waals surface area contributed by atoms with Crippen molar-refractivity contribution in [3.63, 3.8) is 0 Å². The highest BCUT2D eigenvalue weighted by Crippen LogP contribution is 2.46. The van der Waals surface area contributed by atoms with E-state index in [-0.39, 0.29) is 16.9 Å². The molecule has 3 aromatic rings. The molecule has 0 radical (unpaired) electrons. The molecule has 7 nitrogen and oxygen atoms in total. The number of rotatable bonds is 6. The van der Waals surface area contributed by atoms with Crippen LogP contribution in [0.5, 0.6) is 0 Å². The van der Waals surface area contributed by atoms with Crippen molar-refractivity contribution >= 4 is 31.9 Å². The second-order valence-corrected chi connectivity index (χ2v) is 18.9. The van der Waals surface area contributed by atoms with Crippen LogP contribution in [0.4, 0.5) is 0 Å². The summed E-state index contributed by atoms with van der Waals surface area (Å²) in [6, 6.07) is 24.2. The van der Waals surface area contributed by atoms with Crippen molar-refractivity contribution in [3.8, 4) is 0 Å². The third-order valence-electron chi connectivity index (χ3n) is 9.01. The lowest BCUT2D eigenvalue weighted by atomic mass is 9.95. The van der Waals surface area contributed by atoms with E-state index in [1.165, 1.54) is 16.7 Å². The Morgan fingerprint density at radius 1 is 0.860 bits per heavy atom. The molecule has 226 valence electrons. The topological polar surface area (TPSA) is 74.3 Å². The molecule has 9 heteroatoms. The molecular weight excluding hydrogens is 579 g/mol. The molecular formula is C34H39NO6SSi. The van der Waals surface area contributed by atoms with Crippen LogP contribution >= 0.6 is 11.8 Å². The number of thioether (sulfide) groups is 1. The van der Waals surface area contributed by atoms with E-state index in [2.05, 4.69) is 33.9 Å². The molecule has 0 bridgehead atoms. The molecule has 3 aromatic carbocycles. The zero-order valence-electron chi connectivity index (χ0n) is 25.5. The fourth-order valence-electron chi connectivity index (χ4n) is 5.59.